The SMILES string of the molecule is Nc1nccc(Nc2cc(-c3ccc4cc[nH]c4c3)c3[nH]ncc3c2)n1. The number of aromatic nitrogens is 5. The fraction of sp³-hybridized carbons (Fsp3) is 0. The number of hydrogen-bond acceptors (Lipinski definition) is 5. The second-order valence-corrected chi connectivity index (χ2v) is 6.06. The number of anilines is 3. The lowest BCUT2D eigenvalue weighted by molar-refractivity contribution is 1.12. The highest BCUT2D eigenvalue weighted by atomic mass is 15.1. The van der Waals surface area contributed by atoms with Crippen LogP contribution in [0.5, 0.6) is 0 Å². The highest BCUT2D eigenvalue weighted by Gasteiger charge is 2.10. The molecule has 126 valence electrons. The molecule has 0 saturated heterocycles. The van der Waals surface area contributed by atoms with Gasteiger partial charge in [-0.2, -0.15) is 10.1 Å². The minimum atomic E-state index is 0.233. The monoisotopic (exact) mass is 341 g/mol. The number of nitrogen functional groups attached to an aromatic ring is 1. The minimum absolute atomic E-state index is 0.233. The van der Waals surface area contributed by atoms with Gasteiger partial charge in [-0.3, -0.25) is 5.10 Å². The lowest BCUT2D eigenvalue weighted by atomic mass is 10.0. The Balaban J connectivity index is 1.65. The topological polar surface area (TPSA) is 108 Å². The van der Waals surface area contributed by atoms with Crippen molar-refractivity contribution < 1.29 is 0 Å². The average molecular weight is 341 g/mol. The van der Waals surface area contributed by atoms with Gasteiger partial charge in [-0.15, -0.1) is 0 Å². The number of nitrogens with two attached hydrogens (primary N) is 1. The molecule has 0 amide bonds. The van der Waals surface area contributed by atoms with Gasteiger partial charge in [0.25, 0.3) is 0 Å². The fourth-order valence-electron chi connectivity index (χ4n) is 3.16. The number of benzene rings is 2. The molecule has 0 atom stereocenters. The number of nitrogens with zero attached hydrogens (tertiary/aromatic N) is 3. The Kier molecular flexibility index (Phi) is 3.11. The molecule has 0 spiro atoms. The van der Waals surface area contributed by atoms with Crippen LogP contribution in [0.15, 0.2) is 61.1 Å². The summed E-state index contributed by atoms with van der Waals surface area (Å²) in [5.74, 6) is 0.878. The summed E-state index contributed by atoms with van der Waals surface area (Å²) in [5.41, 5.74) is 10.8. The zero-order valence-corrected chi connectivity index (χ0v) is 13.7. The summed E-state index contributed by atoms with van der Waals surface area (Å²) in [7, 11) is 0. The maximum absolute atomic E-state index is 5.67. The van der Waals surface area contributed by atoms with E-state index < -0.39 is 0 Å². The maximum atomic E-state index is 5.67. The highest BCUT2D eigenvalue weighted by Crippen LogP contribution is 2.33. The first-order valence-corrected chi connectivity index (χ1v) is 8.16. The van der Waals surface area contributed by atoms with E-state index in [0.717, 1.165) is 33.2 Å². The summed E-state index contributed by atoms with van der Waals surface area (Å²) in [5, 5.41) is 12.8. The van der Waals surface area contributed by atoms with Gasteiger partial charge in [0.05, 0.1) is 11.7 Å². The molecule has 0 unspecified atom stereocenters. The Bertz CT molecular complexity index is 1240. The quantitative estimate of drug-likeness (QED) is 0.399. The first-order chi connectivity index (χ1) is 12.8. The van der Waals surface area contributed by atoms with Crippen LogP contribution >= 0.6 is 0 Å². The first-order valence-electron chi connectivity index (χ1n) is 8.16. The third-order valence-corrected chi connectivity index (χ3v) is 4.36. The van der Waals surface area contributed by atoms with E-state index in [0.29, 0.717) is 5.82 Å². The molecule has 0 aliphatic heterocycles. The molecule has 5 N–H and O–H groups in total. The van der Waals surface area contributed by atoms with Crippen LogP contribution in [0.2, 0.25) is 0 Å². The number of rotatable bonds is 3. The van der Waals surface area contributed by atoms with Gasteiger partial charge in [0.1, 0.15) is 5.82 Å². The Morgan fingerprint density at radius 3 is 2.88 bits per heavy atom. The van der Waals surface area contributed by atoms with Crippen molar-refractivity contribution in [2.24, 2.45) is 0 Å². The molecule has 7 nitrogen and oxygen atoms in total. The van der Waals surface area contributed by atoms with Crippen LogP contribution in [0.3, 0.4) is 0 Å². The molecule has 0 aliphatic rings. The van der Waals surface area contributed by atoms with Crippen molar-refractivity contribution in [1.29, 1.82) is 0 Å². The van der Waals surface area contributed by atoms with Gasteiger partial charge in [-0.25, -0.2) is 4.98 Å². The van der Waals surface area contributed by atoms with Gasteiger partial charge in [0.15, 0.2) is 0 Å². The van der Waals surface area contributed by atoms with E-state index in [9.17, 15) is 0 Å². The van der Waals surface area contributed by atoms with Gasteiger partial charge < -0.3 is 16.0 Å². The van der Waals surface area contributed by atoms with E-state index in [1.165, 1.54) is 5.39 Å². The standard InChI is InChI=1S/C19H15N7/c20-19-22-6-4-17(25-19)24-14-7-13-10-23-26-18(13)15(9-14)12-2-1-11-3-5-21-16(11)8-12/h1-10,21H,(H,23,26)(H3,20,22,24,25). The number of fused-ring (bicyclic) bond motifs is 2. The minimum Gasteiger partial charge on any atom is -0.368 e. The molecule has 7 heteroatoms. The van der Waals surface area contributed by atoms with Gasteiger partial charge in [0, 0.05) is 34.5 Å². The summed E-state index contributed by atoms with van der Waals surface area (Å²) in [4.78, 5) is 11.4. The molecule has 5 rings (SSSR count). The van der Waals surface area contributed by atoms with Crippen LogP contribution in [0, 0.1) is 0 Å². The molecule has 26 heavy (non-hydrogen) atoms. The summed E-state index contributed by atoms with van der Waals surface area (Å²) < 4.78 is 0. The normalized spacial score (nSPS) is 11.2. The summed E-state index contributed by atoms with van der Waals surface area (Å²) >= 11 is 0. The van der Waals surface area contributed by atoms with Crippen molar-refractivity contribution in [1.82, 2.24) is 25.1 Å². The second kappa shape index (κ2) is 5.59. The molecule has 5 aromatic rings. The average Bonchev–Trinajstić information content (AvgIpc) is 3.29. The van der Waals surface area contributed by atoms with E-state index in [1.807, 2.05) is 18.5 Å². The molecular weight excluding hydrogens is 326 g/mol. The van der Waals surface area contributed by atoms with Crippen molar-refractivity contribution in [3.05, 3.63) is 61.1 Å². The Morgan fingerprint density at radius 1 is 1.00 bits per heavy atom. The number of hydrogen-bond donors (Lipinski definition) is 4. The van der Waals surface area contributed by atoms with E-state index in [-0.39, 0.29) is 5.95 Å². The molecule has 0 bridgehead atoms. The molecule has 0 saturated carbocycles. The third-order valence-electron chi connectivity index (χ3n) is 4.36. The number of aromatic amines is 2. The van der Waals surface area contributed by atoms with Crippen molar-refractivity contribution in [3.63, 3.8) is 0 Å². The molecular formula is C19H15N7. The van der Waals surface area contributed by atoms with Crippen molar-refractivity contribution in [2.75, 3.05) is 11.1 Å². The Hall–Kier alpha value is -3.87. The van der Waals surface area contributed by atoms with Gasteiger partial charge in [0.2, 0.25) is 5.95 Å². The zero-order chi connectivity index (χ0) is 17.5. The molecule has 0 radical (unpaired) electrons. The van der Waals surface area contributed by atoms with Crippen molar-refractivity contribution in [3.8, 4) is 11.1 Å². The lowest BCUT2D eigenvalue weighted by Crippen LogP contribution is -1.99. The Labute approximate surface area is 148 Å². The highest BCUT2D eigenvalue weighted by molar-refractivity contribution is 5.98. The van der Waals surface area contributed by atoms with E-state index >= 15 is 0 Å². The van der Waals surface area contributed by atoms with Gasteiger partial charge in [-0.05, 0) is 41.3 Å². The molecule has 0 fully saturated rings. The summed E-state index contributed by atoms with van der Waals surface area (Å²) in [6.07, 6.45) is 5.38. The van der Waals surface area contributed by atoms with Gasteiger partial charge in [-0.1, -0.05) is 12.1 Å². The van der Waals surface area contributed by atoms with Crippen LogP contribution < -0.4 is 11.1 Å². The number of nitrogens with one attached hydrogen (secondary N) is 3. The largest absolute Gasteiger partial charge is 0.368 e. The molecule has 2 aromatic carbocycles. The van der Waals surface area contributed by atoms with Crippen LogP contribution in [0.4, 0.5) is 17.5 Å². The van der Waals surface area contributed by atoms with Crippen molar-refractivity contribution in [2.45, 2.75) is 0 Å². The van der Waals surface area contributed by atoms with Crippen LogP contribution in [-0.4, -0.2) is 25.1 Å². The second-order valence-electron chi connectivity index (χ2n) is 6.06. The predicted octanol–water partition coefficient (Wildman–Crippen LogP) is 3.83. The van der Waals surface area contributed by atoms with Crippen molar-refractivity contribution >= 4 is 39.3 Å². The zero-order valence-electron chi connectivity index (χ0n) is 13.7. The molecule has 3 aromatic heterocycles. The number of H-pyrrole nitrogens is 2. The maximum Gasteiger partial charge on any atom is 0.221 e. The van der Waals surface area contributed by atoms with E-state index in [1.54, 1.807) is 12.3 Å². The van der Waals surface area contributed by atoms with Crippen LogP contribution in [0.1, 0.15) is 0 Å². The predicted molar refractivity (Wildman–Crippen MR) is 103 cm³/mol. The third kappa shape index (κ3) is 2.42. The Morgan fingerprint density at radius 2 is 1.96 bits per heavy atom. The lowest BCUT2D eigenvalue weighted by Gasteiger charge is -2.10. The van der Waals surface area contributed by atoms with E-state index in [4.69, 9.17) is 5.73 Å². The van der Waals surface area contributed by atoms with Crippen LogP contribution in [-0.2, 0) is 0 Å². The first kappa shape index (κ1) is 14.5. The van der Waals surface area contributed by atoms with Crippen LogP contribution in [0.25, 0.3) is 32.9 Å². The molecule has 0 aliphatic carbocycles. The summed E-state index contributed by atoms with van der Waals surface area (Å²) in [6, 6.07) is 14.3. The van der Waals surface area contributed by atoms with E-state index in [2.05, 4.69) is 60.8 Å². The smallest absolute Gasteiger partial charge is 0.221 e. The van der Waals surface area contributed by atoms with Gasteiger partial charge >= 0.3 is 0 Å². The summed E-state index contributed by atoms with van der Waals surface area (Å²) in [6.45, 7) is 0. The molecule has 3 heterocycles. The fourth-order valence-corrected chi connectivity index (χ4v) is 3.16.